The van der Waals surface area contributed by atoms with E-state index in [1.54, 1.807) is 6.07 Å². The Morgan fingerprint density at radius 1 is 1.00 bits per heavy atom. The summed E-state index contributed by atoms with van der Waals surface area (Å²) in [5.74, 6) is 0.345. The first-order valence-electron chi connectivity index (χ1n) is 11.3. The highest BCUT2D eigenvalue weighted by molar-refractivity contribution is 5.94. The number of carbonyl (C=O) groups excluding carboxylic acids is 1. The van der Waals surface area contributed by atoms with Gasteiger partial charge in [-0.15, -0.1) is 0 Å². The molecule has 2 aromatic carbocycles. The second kappa shape index (κ2) is 10.5. The summed E-state index contributed by atoms with van der Waals surface area (Å²) in [4.78, 5) is 19.4. The lowest BCUT2D eigenvalue weighted by molar-refractivity contribution is 0.0773. The normalized spacial score (nSPS) is 15.2. The number of anilines is 2. The number of likely N-dealkylation sites (tertiary alicyclic amines) is 1. The van der Waals surface area contributed by atoms with Crippen LogP contribution in [0.1, 0.15) is 50.4 Å². The quantitative estimate of drug-likeness (QED) is 0.675. The standard InChI is InChI=1S/C25H35N3O2/c1-4-16-26-17-14-22(15-18-26)28(23-8-7-9-24(29)19-23)21-12-10-20(11-13-21)25(30)27(5-2)6-3/h7-13,19,22,29H,4-6,14-18H2,1-3H3. The zero-order valence-electron chi connectivity index (χ0n) is 18.6. The van der Waals surface area contributed by atoms with Crippen LogP contribution in [0.2, 0.25) is 0 Å². The van der Waals surface area contributed by atoms with Crippen LogP contribution in [-0.2, 0) is 0 Å². The molecular weight excluding hydrogens is 374 g/mol. The van der Waals surface area contributed by atoms with Crippen molar-refractivity contribution in [2.45, 2.75) is 46.1 Å². The molecule has 0 saturated carbocycles. The molecule has 0 aromatic heterocycles. The van der Waals surface area contributed by atoms with Crippen molar-refractivity contribution in [2.24, 2.45) is 0 Å². The Labute approximate surface area is 180 Å². The fraction of sp³-hybridized carbons (Fsp3) is 0.480. The monoisotopic (exact) mass is 409 g/mol. The molecule has 0 radical (unpaired) electrons. The molecule has 0 bridgehead atoms. The lowest BCUT2D eigenvalue weighted by Gasteiger charge is -2.40. The maximum atomic E-state index is 12.7. The van der Waals surface area contributed by atoms with E-state index in [2.05, 4.69) is 16.7 Å². The average molecular weight is 410 g/mol. The molecule has 2 aromatic rings. The fourth-order valence-corrected chi connectivity index (χ4v) is 4.39. The number of nitrogens with zero attached hydrogens (tertiary/aromatic N) is 3. The predicted molar refractivity (Wildman–Crippen MR) is 124 cm³/mol. The first kappa shape index (κ1) is 22.2. The van der Waals surface area contributed by atoms with E-state index in [4.69, 9.17) is 0 Å². The highest BCUT2D eigenvalue weighted by atomic mass is 16.3. The minimum Gasteiger partial charge on any atom is -0.508 e. The van der Waals surface area contributed by atoms with Crippen LogP contribution in [-0.4, -0.2) is 59.6 Å². The molecule has 162 valence electrons. The van der Waals surface area contributed by atoms with Crippen LogP contribution in [0.5, 0.6) is 5.75 Å². The largest absolute Gasteiger partial charge is 0.508 e. The van der Waals surface area contributed by atoms with Gasteiger partial charge in [0, 0.05) is 55.2 Å². The van der Waals surface area contributed by atoms with Crippen LogP contribution in [0.3, 0.4) is 0 Å². The number of amides is 1. The first-order chi connectivity index (χ1) is 14.6. The van der Waals surface area contributed by atoms with Gasteiger partial charge >= 0.3 is 0 Å². The van der Waals surface area contributed by atoms with Gasteiger partial charge in [-0.1, -0.05) is 13.0 Å². The summed E-state index contributed by atoms with van der Waals surface area (Å²) in [6.07, 6.45) is 3.34. The van der Waals surface area contributed by atoms with E-state index >= 15 is 0 Å². The van der Waals surface area contributed by atoms with Crippen molar-refractivity contribution in [1.82, 2.24) is 9.80 Å². The summed E-state index contributed by atoms with van der Waals surface area (Å²) in [6, 6.07) is 15.8. The number of phenolic OH excluding ortho intramolecular Hbond substituents is 1. The summed E-state index contributed by atoms with van der Waals surface area (Å²) >= 11 is 0. The second-order valence-corrected chi connectivity index (χ2v) is 7.99. The number of benzene rings is 2. The van der Waals surface area contributed by atoms with Gasteiger partial charge in [0.1, 0.15) is 5.75 Å². The zero-order chi connectivity index (χ0) is 21.5. The van der Waals surface area contributed by atoms with Crippen molar-refractivity contribution in [3.63, 3.8) is 0 Å². The molecule has 0 atom stereocenters. The lowest BCUT2D eigenvalue weighted by Crippen LogP contribution is -2.43. The Morgan fingerprint density at radius 3 is 2.23 bits per heavy atom. The molecule has 0 aliphatic carbocycles. The third-order valence-electron chi connectivity index (χ3n) is 6.01. The molecule has 1 amide bonds. The van der Waals surface area contributed by atoms with Crippen molar-refractivity contribution in [3.8, 4) is 5.75 Å². The van der Waals surface area contributed by atoms with Gasteiger partial charge in [-0.25, -0.2) is 0 Å². The van der Waals surface area contributed by atoms with Crippen LogP contribution in [0.4, 0.5) is 11.4 Å². The minimum absolute atomic E-state index is 0.0725. The van der Waals surface area contributed by atoms with E-state index in [0.29, 0.717) is 19.1 Å². The third-order valence-corrected chi connectivity index (χ3v) is 6.01. The molecule has 1 aliphatic heterocycles. The van der Waals surface area contributed by atoms with Gasteiger partial charge in [-0.3, -0.25) is 4.79 Å². The highest BCUT2D eigenvalue weighted by Crippen LogP contribution is 2.34. The Hall–Kier alpha value is -2.53. The van der Waals surface area contributed by atoms with Crippen molar-refractivity contribution < 1.29 is 9.90 Å². The van der Waals surface area contributed by atoms with Gasteiger partial charge in [0.2, 0.25) is 0 Å². The molecule has 1 aliphatic rings. The van der Waals surface area contributed by atoms with Gasteiger partial charge in [0.15, 0.2) is 0 Å². The molecule has 0 unspecified atom stereocenters. The third kappa shape index (κ3) is 5.14. The van der Waals surface area contributed by atoms with Gasteiger partial charge < -0.3 is 19.8 Å². The maximum absolute atomic E-state index is 12.7. The Kier molecular flexibility index (Phi) is 7.75. The predicted octanol–water partition coefficient (Wildman–Crippen LogP) is 4.89. The summed E-state index contributed by atoms with van der Waals surface area (Å²) in [5, 5.41) is 10.1. The highest BCUT2D eigenvalue weighted by Gasteiger charge is 2.26. The molecule has 3 rings (SSSR count). The van der Waals surface area contributed by atoms with Gasteiger partial charge in [0.05, 0.1) is 0 Å². The van der Waals surface area contributed by atoms with E-state index in [1.807, 2.05) is 61.2 Å². The van der Waals surface area contributed by atoms with E-state index in [0.717, 1.165) is 49.4 Å². The van der Waals surface area contributed by atoms with Crippen molar-refractivity contribution in [2.75, 3.05) is 37.6 Å². The van der Waals surface area contributed by atoms with E-state index in [-0.39, 0.29) is 11.7 Å². The molecular formula is C25H35N3O2. The zero-order valence-corrected chi connectivity index (χ0v) is 18.6. The second-order valence-electron chi connectivity index (χ2n) is 7.99. The molecule has 0 spiro atoms. The van der Waals surface area contributed by atoms with Gasteiger partial charge in [0.25, 0.3) is 5.91 Å². The molecule has 1 heterocycles. The number of rotatable bonds is 8. The molecule has 1 N–H and O–H groups in total. The average Bonchev–Trinajstić information content (AvgIpc) is 2.77. The maximum Gasteiger partial charge on any atom is 0.253 e. The lowest BCUT2D eigenvalue weighted by atomic mass is 10.0. The molecule has 1 fully saturated rings. The number of hydrogen-bond acceptors (Lipinski definition) is 4. The summed E-state index contributed by atoms with van der Waals surface area (Å²) in [7, 11) is 0. The van der Waals surface area contributed by atoms with Crippen LogP contribution in [0.15, 0.2) is 48.5 Å². The molecule has 5 nitrogen and oxygen atoms in total. The Bertz CT molecular complexity index is 809. The summed E-state index contributed by atoms with van der Waals surface area (Å²) < 4.78 is 0. The first-order valence-corrected chi connectivity index (χ1v) is 11.3. The smallest absolute Gasteiger partial charge is 0.253 e. The van der Waals surface area contributed by atoms with Gasteiger partial charge in [-0.2, -0.15) is 0 Å². The number of phenols is 1. The Balaban J connectivity index is 1.86. The number of piperidine rings is 1. The number of hydrogen-bond donors (Lipinski definition) is 1. The van der Waals surface area contributed by atoms with Crippen molar-refractivity contribution >= 4 is 17.3 Å². The summed E-state index contributed by atoms with van der Waals surface area (Å²) in [5.41, 5.74) is 2.77. The Morgan fingerprint density at radius 2 is 1.67 bits per heavy atom. The van der Waals surface area contributed by atoms with Crippen molar-refractivity contribution in [3.05, 3.63) is 54.1 Å². The van der Waals surface area contributed by atoms with Gasteiger partial charge in [-0.05, 0) is 76.1 Å². The van der Waals surface area contributed by atoms with Crippen LogP contribution < -0.4 is 4.90 Å². The van der Waals surface area contributed by atoms with Crippen molar-refractivity contribution in [1.29, 1.82) is 0 Å². The van der Waals surface area contributed by atoms with E-state index in [9.17, 15) is 9.90 Å². The minimum atomic E-state index is 0.0725. The molecule has 30 heavy (non-hydrogen) atoms. The van der Waals surface area contributed by atoms with E-state index in [1.165, 1.54) is 6.42 Å². The van der Waals surface area contributed by atoms with Crippen LogP contribution in [0, 0.1) is 0 Å². The fourth-order valence-electron chi connectivity index (χ4n) is 4.39. The number of aromatic hydroxyl groups is 1. The van der Waals surface area contributed by atoms with E-state index < -0.39 is 0 Å². The SMILES string of the molecule is CCCN1CCC(N(c2ccc(C(=O)N(CC)CC)cc2)c2cccc(O)c2)CC1. The topological polar surface area (TPSA) is 47.0 Å². The van der Waals surface area contributed by atoms with Crippen LogP contribution >= 0.6 is 0 Å². The number of carbonyl (C=O) groups is 1. The molecule has 1 saturated heterocycles. The van der Waals surface area contributed by atoms with Crippen LogP contribution in [0.25, 0.3) is 0 Å². The molecule has 5 heteroatoms. The summed E-state index contributed by atoms with van der Waals surface area (Å²) in [6.45, 7) is 11.0.